The molecule has 0 fully saturated rings. The fraction of sp³-hybridized carbons (Fsp3) is 0.500. The van der Waals surface area contributed by atoms with Crippen LogP contribution in [0, 0.1) is 13.8 Å². The van der Waals surface area contributed by atoms with Crippen LogP contribution in [0.1, 0.15) is 11.3 Å². The molecule has 3 heteroatoms. The molecule has 9 heavy (non-hydrogen) atoms. The number of hydrogen-bond donors (Lipinski definition) is 1. The summed E-state index contributed by atoms with van der Waals surface area (Å²) in [6.45, 7) is 3.72. The van der Waals surface area contributed by atoms with Crippen molar-refractivity contribution in [3.8, 4) is 0 Å². The van der Waals surface area contributed by atoms with Gasteiger partial charge in [0.2, 0.25) is 0 Å². The smallest absolute Gasteiger partial charge is 0.267 e. The van der Waals surface area contributed by atoms with E-state index in [0.717, 1.165) is 11.3 Å². The van der Waals surface area contributed by atoms with Gasteiger partial charge in [0.05, 0.1) is 0 Å². The van der Waals surface area contributed by atoms with E-state index in [1.807, 2.05) is 20.9 Å². The van der Waals surface area contributed by atoms with Crippen molar-refractivity contribution in [3.05, 3.63) is 21.6 Å². The second-order valence-electron chi connectivity index (χ2n) is 2.21. The Labute approximate surface area is 53.3 Å². The quantitative estimate of drug-likeness (QED) is 0.534. The molecule has 0 aliphatic heterocycles. The molecular weight excluding hydrogens is 116 g/mol. The second kappa shape index (κ2) is 1.76. The van der Waals surface area contributed by atoms with Gasteiger partial charge >= 0.3 is 0 Å². The Morgan fingerprint density at radius 3 is 2.11 bits per heavy atom. The third kappa shape index (κ3) is 0.781. The number of aromatic nitrogens is 2. The molecule has 0 unspecified atom stereocenters. The number of hydrogen-bond acceptors (Lipinski definition) is 1. The second-order valence-corrected chi connectivity index (χ2v) is 2.21. The molecule has 0 aliphatic carbocycles. The summed E-state index contributed by atoms with van der Waals surface area (Å²) < 4.78 is 1.72. The van der Waals surface area contributed by atoms with Crippen LogP contribution in [-0.2, 0) is 7.05 Å². The third-order valence-electron chi connectivity index (χ3n) is 1.66. The van der Waals surface area contributed by atoms with Gasteiger partial charge in [-0.3, -0.25) is 14.6 Å². The van der Waals surface area contributed by atoms with Gasteiger partial charge in [-0.15, -0.1) is 0 Å². The standard InChI is InChI=1S/C6H10N2O/c1-4-5(2)8(3)7-6(4)9/h1-3H3,(H,7,9). The summed E-state index contributed by atoms with van der Waals surface area (Å²) >= 11 is 0. The molecule has 0 saturated heterocycles. The number of nitrogens with zero attached hydrogens (tertiary/aromatic N) is 1. The molecule has 0 bridgehead atoms. The highest BCUT2D eigenvalue weighted by Gasteiger charge is 2.00. The Morgan fingerprint density at radius 1 is 1.44 bits per heavy atom. The molecule has 1 heterocycles. The zero-order valence-electron chi connectivity index (χ0n) is 5.86. The highest BCUT2D eigenvalue weighted by atomic mass is 16.1. The van der Waals surface area contributed by atoms with E-state index in [1.165, 1.54) is 0 Å². The molecular formula is C6H10N2O. The van der Waals surface area contributed by atoms with Gasteiger partial charge in [0.1, 0.15) is 0 Å². The first-order valence-electron chi connectivity index (χ1n) is 2.85. The van der Waals surface area contributed by atoms with Gasteiger partial charge in [-0.1, -0.05) is 0 Å². The molecule has 0 radical (unpaired) electrons. The summed E-state index contributed by atoms with van der Waals surface area (Å²) in [5.74, 6) is 0. The number of rotatable bonds is 0. The zero-order valence-corrected chi connectivity index (χ0v) is 5.86. The summed E-state index contributed by atoms with van der Waals surface area (Å²) in [6.07, 6.45) is 0. The van der Waals surface area contributed by atoms with E-state index in [-0.39, 0.29) is 5.56 Å². The van der Waals surface area contributed by atoms with Gasteiger partial charge in [-0.2, -0.15) is 0 Å². The summed E-state index contributed by atoms with van der Waals surface area (Å²) in [5, 5.41) is 2.64. The van der Waals surface area contributed by atoms with Crippen LogP contribution in [0.3, 0.4) is 0 Å². The molecule has 0 aliphatic rings. The fourth-order valence-electron chi connectivity index (χ4n) is 0.736. The van der Waals surface area contributed by atoms with Gasteiger partial charge in [0.25, 0.3) is 5.56 Å². The van der Waals surface area contributed by atoms with Crippen molar-refractivity contribution < 1.29 is 0 Å². The normalized spacial score (nSPS) is 10.1. The van der Waals surface area contributed by atoms with Crippen molar-refractivity contribution in [2.45, 2.75) is 13.8 Å². The molecule has 0 spiro atoms. The monoisotopic (exact) mass is 126 g/mol. The van der Waals surface area contributed by atoms with Gasteiger partial charge in [-0.05, 0) is 13.8 Å². The number of H-pyrrole nitrogens is 1. The van der Waals surface area contributed by atoms with Crippen molar-refractivity contribution in [1.29, 1.82) is 0 Å². The van der Waals surface area contributed by atoms with Crippen molar-refractivity contribution in [2.75, 3.05) is 0 Å². The third-order valence-corrected chi connectivity index (χ3v) is 1.66. The van der Waals surface area contributed by atoms with E-state index in [2.05, 4.69) is 5.10 Å². The predicted molar refractivity (Wildman–Crippen MR) is 35.5 cm³/mol. The van der Waals surface area contributed by atoms with Crippen LogP contribution in [0.5, 0.6) is 0 Å². The number of aromatic amines is 1. The molecule has 1 N–H and O–H groups in total. The summed E-state index contributed by atoms with van der Waals surface area (Å²) in [4.78, 5) is 10.8. The lowest BCUT2D eigenvalue weighted by Crippen LogP contribution is -2.03. The summed E-state index contributed by atoms with van der Waals surface area (Å²) in [6, 6.07) is 0. The number of aryl methyl sites for hydroxylation is 1. The van der Waals surface area contributed by atoms with Crippen LogP contribution < -0.4 is 5.56 Å². The van der Waals surface area contributed by atoms with Gasteiger partial charge in [0, 0.05) is 18.3 Å². The molecule has 1 aromatic rings. The maximum absolute atomic E-state index is 10.8. The minimum atomic E-state index is 0.00926. The lowest BCUT2D eigenvalue weighted by molar-refractivity contribution is 0.730. The molecule has 1 aromatic heterocycles. The van der Waals surface area contributed by atoms with E-state index >= 15 is 0 Å². The van der Waals surface area contributed by atoms with E-state index in [4.69, 9.17) is 0 Å². The predicted octanol–water partition coefficient (Wildman–Crippen LogP) is 0.330. The average molecular weight is 126 g/mol. The van der Waals surface area contributed by atoms with E-state index in [1.54, 1.807) is 4.68 Å². The minimum absolute atomic E-state index is 0.00926. The van der Waals surface area contributed by atoms with Crippen molar-refractivity contribution in [3.63, 3.8) is 0 Å². The molecule has 1 rings (SSSR count). The van der Waals surface area contributed by atoms with E-state index in [0.29, 0.717) is 0 Å². The Bertz CT molecular complexity index is 269. The Hall–Kier alpha value is -0.990. The molecule has 0 aromatic carbocycles. The summed E-state index contributed by atoms with van der Waals surface area (Å²) in [7, 11) is 1.82. The van der Waals surface area contributed by atoms with Crippen LogP contribution in [0.25, 0.3) is 0 Å². The number of nitrogens with one attached hydrogen (secondary N) is 1. The average Bonchev–Trinajstić information content (AvgIpc) is 1.98. The molecule has 0 saturated carbocycles. The zero-order chi connectivity index (χ0) is 7.02. The maximum Gasteiger partial charge on any atom is 0.267 e. The van der Waals surface area contributed by atoms with E-state index < -0.39 is 0 Å². The Kier molecular flexibility index (Phi) is 1.20. The van der Waals surface area contributed by atoms with Gasteiger partial charge in [0.15, 0.2) is 0 Å². The van der Waals surface area contributed by atoms with Crippen LogP contribution in [0.2, 0.25) is 0 Å². The van der Waals surface area contributed by atoms with Gasteiger partial charge in [-0.25, -0.2) is 0 Å². The van der Waals surface area contributed by atoms with Crippen LogP contribution >= 0.6 is 0 Å². The Morgan fingerprint density at radius 2 is 2.00 bits per heavy atom. The van der Waals surface area contributed by atoms with Gasteiger partial charge < -0.3 is 0 Å². The SMILES string of the molecule is Cc1c(C)n(C)[nH]c1=O. The molecule has 3 nitrogen and oxygen atoms in total. The molecule has 0 amide bonds. The molecule has 0 atom stereocenters. The van der Waals surface area contributed by atoms with Crippen LogP contribution in [-0.4, -0.2) is 9.78 Å². The first-order chi connectivity index (χ1) is 4.13. The lowest BCUT2D eigenvalue weighted by atomic mass is 10.3. The largest absolute Gasteiger partial charge is 0.292 e. The topological polar surface area (TPSA) is 37.8 Å². The summed E-state index contributed by atoms with van der Waals surface area (Å²) in [5.41, 5.74) is 1.81. The maximum atomic E-state index is 10.8. The van der Waals surface area contributed by atoms with Crippen LogP contribution in [0.15, 0.2) is 4.79 Å². The first kappa shape index (κ1) is 6.13. The van der Waals surface area contributed by atoms with Crippen molar-refractivity contribution in [1.82, 2.24) is 9.78 Å². The first-order valence-corrected chi connectivity index (χ1v) is 2.85. The fourth-order valence-corrected chi connectivity index (χ4v) is 0.736. The highest BCUT2D eigenvalue weighted by Crippen LogP contribution is 1.95. The van der Waals surface area contributed by atoms with Crippen LogP contribution in [0.4, 0.5) is 0 Å². The Balaban J connectivity index is 3.47. The van der Waals surface area contributed by atoms with Crippen molar-refractivity contribution in [2.24, 2.45) is 7.05 Å². The minimum Gasteiger partial charge on any atom is -0.292 e. The highest BCUT2D eigenvalue weighted by molar-refractivity contribution is 5.12. The van der Waals surface area contributed by atoms with Crippen molar-refractivity contribution >= 4 is 0 Å². The lowest BCUT2D eigenvalue weighted by Gasteiger charge is -1.91. The van der Waals surface area contributed by atoms with E-state index in [9.17, 15) is 4.79 Å². The molecule has 50 valence electrons.